The highest BCUT2D eigenvalue weighted by Crippen LogP contribution is 2.21. The first-order valence-electron chi connectivity index (χ1n) is 6.57. The monoisotopic (exact) mass is 337 g/mol. The van der Waals surface area contributed by atoms with Crippen LogP contribution in [0.4, 0.5) is 4.39 Å². The molecule has 2 rings (SSSR count). The molecule has 0 amide bonds. The van der Waals surface area contributed by atoms with Crippen LogP contribution in [0.5, 0.6) is 0 Å². The van der Waals surface area contributed by atoms with Gasteiger partial charge < -0.3 is 5.32 Å². The highest BCUT2D eigenvalue weighted by Gasteiger charge is 2.14. The zero-order chi connectivity index (χ0) is 14.5. The van der Waals surface area contributed by atoms with E-state index in [1.165, 1.54) is 6.07 Å². The van der Waals surface area contributed by atoms with Gasteiger partial charge in [-0.2, -0.15) is 0 Å². The molecule has 0 aliphatic heterocycles. The second-order valence-corrected chi connectivity index (χ2v) is 5.45. The molecule has 1 unspecified atom stereocenters. The van der Waals surface area contributed by atoms with Crippen LogP contribution in [0.15, 0.2) is 34.9 Å². The number of nitrogens with zero attached hydrogens (tertiary/aromatic N) is 2. The molecule has 1 heterocycles. The second kappa shape index (κ2) is 6.90. The van der Waals surface area contributed by atoms with Gasteiger partial charge in [-0.1, -0.05) is 13.0 Å². The van der Waals surface area contributed by atoms with E-state index in [2.05, 4.69) is 38.1 Å². The summed E-state index contributed by atoms with van der Waals surface area (Å²) in [5, 5.41) is 3.41. The first-order chi connectivity index (χ1) is 9.60. The van der Waals surface area contributed by atoms with E-state index in [9.17, 15) is 4.39 Å². The SMILES string of the molecule is CCNC(Cc1ccc(F)c(Br)c1)c1ccnc(C)n1. The maximum absolute atomic E-state index is 13.3. The zero-order valence-electron chi connectivity index (χ0n) is 11.5. The summed E-state index contributed by atoms with van der Waals surface area (Å²) in [5.74, 6) is 0.511. The summed E-state index contributed by atoms with van der Waals surface area (Å²) in [7, 11) is 0. The molecule has 1 aromatic carbocycles. The molecule has 5 heteroatoms. The van der Waals surface area contributed by atoms with Gasteiger partial charge in [-0.15, -0.1) is 0 Å². The van der Waals surface area contributed by atoms with Gasteiger partial charge in [0, 0.05) is 6.20 Å². The Hall–Kier alpha value is -1.33. The molecule has 0 radical (unpaired) electrons. The molecular formula is C15H17BrFN3. The Morgan fingerprint density at radius 1 is 1.35 bits per heavy atom. The topological polar surface area (TPSA) is 37.8 Å². The number of aromatic nitrogens is 2. The average Bonchev–Trinajstić information content (AvgIpc) is 2.42. The molecule has 0 aliphatic rings. The highest BCUT2D eigenvalue weighted by atomic mass is 79.9. The molecular weight excluding hydrogens is 321 g/mol. The quantitative estimate of drug-likeness (QED) is 0.906. The summed E-state index contributed by atoms with van der Waals surface area (Å²) < 4.78 is 13.8. The van der Waals surface area contributed by atoms with Crippen LogP contribution in [0.1, 0.15) is 30.0 Å². The second-order valence-electron chi connectivity index (χ2n) is 4.59. The van der Waals surface area contributed by atoms with Crippen LogP contribution in [0.25, 0.3) is 0 Å². The molecule has 0 spiro atoms. The van der Waals surface area contributed by atoms with Gasteiger partial charge in [0.05, 0.1) is 16.2 Å². The Labute approximate surface area is 126 Å². The van der Waals surface area contributed by atoms with Crippen LogP contribution in [-0.2, 0) is 6.42 Å². The summed E-state index contributed by atoms with van der Waals surface area (Å²) in [5.41, 5.74) is 2.01. The summed E-state index contributed by atoms with van der Waals surface area (Å²) >= 11 is 3.22. The van der Waals surface area contributed by atoms with Gasteiger partial charge in [0.15, 0.2) is 0 Å². The van der Waals surface area contributed by atoms with Crippen LogP contribution in [0.2, 0.25) is 0 Å². The van der Waals surface area contributed by atoms with Crippen molar-refractivity contribution >= 4 is 15.9 Å². The number of aryl methyl sites for hydroxylation is 1. The van der Waals surface area contributed by atoms with Crippen molar-refractivity contribution in [1.29, 1.82) is 0 Å². The van der Waals surface area contributed by atoms with E-state index in [-0.39, 0.29) is 11.9 Å². The van der Waals surface area contributed by atoms with E-state index >= 15 is 0 Å². The Kier molecular flexibility index (Phi) is 5.20. The Bertz CT molecular complexity index is 589. The summed E-state index contributed by atoms with van der Waals surface area (Å²) in [6.07, 6.45) is 2.52. The minimum absolute atomic E-state index is 0.0964. The summed E-state index contributed by atoms with van der Waals surface area (Å²) in [6.45, 7) is 4.78. The maximum atomic E-state index is 13.3. The van der Waals surface area contributed by atoms with Crippen LogP contribution in [0.3, 0.4) is 0 Å². The van der Waals surface area contributed by atoms with Crippen molar-refractivity contribution < 1.29 is 4.39 Å². The lowest BCUT2D eigenvalue weighted by Gasteiger charge is -2.18. The van der Waals surface area contributed by atoms with Crippen molar-refractivity contribution in [3.63, 3.8) is 0 Å². The summed E-state index contributed by atoms with van der Waals surface area (Å²) in [4.78, 5) is 8.59. The van der Waals surface area contributed by atoms with Crippen LogP contribution < -0.4 is 5.32 Å². The standard InChI is InChI=1S/C15H17BrFN3/c1-3-18-15(14-6-7-19-10(2)20-14)9-11-4-5-13(17)12(16)8-11/h4-8,15,18H,3,9H2,1-2H3. The molecule has 0 fully saturated rings. The fourth-order valence-corrected chi connectivity index (χ4v) is 2.52. The summed E-state index contributed by atoms with van der Waals surface area (Å²) in [6, 6.07) is 7.11. The molecule has 0 aliphatic carbocycles. The molecule has 0 saturated heterocycles. The maximum Gasteiger partial charge on any atom is 0.137 e. The van der Waals surface area contributed by atoms with Gasteiger partial charge in [0.25, 0.3) is 0 Å². The molecule has 3 nitrogen and oxygen atoms in total. The number of likely N-dealkylation sites (N-methyl/N-ethyl adjacent to an activating group) is 1. The van der Waals surface area contributed by atoms with Crippen LogP contribution in [0, 0.1) is 12.7 Å². The minimum Gasteiger partial charge on any atom is -0.309 e. The highest BCUT2D eigenvalue weighted by molar-refractivity contribution is 9.10. The molecule has 20 heavy (non-hydrogen) atoms. The molecule has 2 aromatic rings. The lowest BCUT2D eigenvalue weighted by Crippen LogP contribution is -2.24. The predicted octanol–water partition coefficient (Wildman–Crippen LogP) is 3.58. The van der Waals surface area contributed by atoms with E-state index in [4.69, 9.17) is 0 Å². The first kappa shape index (κ1) is 15.1. The first-order valence-corrected chi connectivity index (χ1v) is 7.36. The number of nitrogens with one attached hydrogen (secondary N) is 1. The number of benzene rings is 1. The molecule has 106 valence electrons. The Morgan fingerprint density at radius 3 is 2.80 bits per heavy atom. The Morgan fingerprint density at radius 2 is 2.15 bits per heavy atom. The largest absolute Gasteiger partial charge is 0.309 e. The number of hydrogen-bond donors (Lipinski definition) is 1. The van der Waals surface area contributed by atoms with E-state index in [1.54, 1.807) is 12.3 Å². The van der Waals surface area contributed by atoms with Gasteiger partial charge in [-0.3, -0.25) is 0 Å². The fraction of sp³-hybridized carbons (Fsp3) is 0.333. The number of halogens is 2. The van der Waals surface area contributed by atoms with Gasteiger partial charge in [-0.05, 0) is 59.6 Å². The molecule has 1 atom stereocenters. The van der Waals surface area contributed by atoms with Crippen LogP contribution in [-0.4, -0.2) is 16.5 Å². The van der Waals surface area contributed by atoms with E-state index < -0.39 is 0 Å². The average molecular weight is 338 g/mol. The van der Waals surface area contributed by atoms with Gasteiger partial charge in [0.1, 0.15) is 11.6 Å². The number of rotatable bonds is 5. The zero-order valence-corrected chi connectivity index (χ0v) is 13.1. The smallest absolute Gasteiger partial charge is 0.137 e. The van der Waals surface area contributed by atoms with Crippen molar-refractivity contribution in [1.82, 2.24) is 15.3 Å². The van der Waals surface area contributed by atoms with Crippen molar-refractivity contribution in [2.75, 3.05) is 6.54 Å². The lowest BCUT2D eigenvalue weighted by molar-refractivity contribution is 0.533. The van der Waals surface area contributed by atoms with E-state index in [0.717, 1.165) is 30.0 Å². The molecule has 0 saturated carbocycles. The Balaban J connectivity index is 2.22. The third-order valence-corrected chi connectivity index (χ3v) is 3.64. The molecule has 0 bridgehead atoms. The third-order valence-electron chi connectivity index (χ3n) is 3.03. The predicted molar refractivity (Wildman–Crippen MR) is 81.0 cm³/mol. The van der Waals surface area contributed by atoms with E-state index in [1.807, 2.05) is 19.1 Å². The van der Waals surface area contributed by atoms with Crippen molar-refractivity contribution in [2.24, 2.45) is 0 Å². The minimum atomic E-state index is -0.244. The van der Waals surface area contributed by atoms with Crippen LogP contribution >= 0.6 is 15.9 Å². The van der Waals surface area contributed by atoms with Gasteiger partial charge in [0.2, 0.25) is 0 Å². The van der Waals surface area contributed by atoms with Crippen molar-refractivity contribution in [3.8, 4) is 0 Å². The van der Waals surface area contributed by atoms with Gasteiger partial charge >= 0.3 is 0 Å². The van der Waals surface area contributed by atoms with Gasteiger partial charge in [-0.25, -0.2) is 14.4 Å². The molecule has 1 aromatic heterocycles. The van der Waals surface area contributed by atoms with Crippen molar-refractivity contribution in [3.05, 3.63) is 57.8 Å². The van der Waals surface area contributed by atoms with Crippen molar-refractivity contribution in [2.45, 2.75) is 26.3 Å². The molecule has 1 N–H and O–H groups in total. The normalized spacial score (nSPS) is 12.4. The lowest BCUT2D eigenvalue weighted by atomic mass is 10.0. The third kappa shape index (κ3) is 3.84. The van der Waals surface area contributed by atoms with E-state index in [0.29, 0.717) is 4.47 Å². The number of hydrogen-bond acceptors (Lipinski definition) is 3. The fourth-order valence-electron chi connectivity index (χ4n) is 2.10.